The minimum atomic E-state index is -0.0355. The molecule has 3 rings (SSSR count). The van der Waals surface area contributed by atoms with Crippen molar-refractivity contribution in [1.29, 1.82) is 0 Å². The van der Waals surface area contributed by atoms with Crippen molar-refractivity contribution in [3.8, 4) is 0 Å². The molecule has 1 saturated carbocycles. The van der Waals surface area contributed by atoms with E-state index in [0.717, 1.165) is 37.0 Å². The first kappa shape index (κ1) is 18.5. The molecule has 2 N–H and O–H groups in total. The van der Waals surface area contributed by atoms with Gasteiger partial charge in [0, 0.05) is 23.4 Å². The van der Waals surface area contributed by atoms with E-state index in [9.17, 15) is 9.59 Å². The zero-order valence-corrected chi connectivity index (χ0v) is 15.3. The lowest BCUT2D eigenvalue weighted by atomic mass is 9.81. The number of furan rings is 1. The Morgan fingerprint density at radius 2 is 1.54 bits per heavy atom. The molecule has 26 heavy (non-hydrogen) atoms. The van der Waals surface area contributed by atoms with Crippen LogP contribution in [0.2, 0.25) is 5.02 Å². The molecule has 1 aliphatic rings. The minimum absolute atomic E-state index is 0.0300. The first-order valence-electron chi connectivity index (χ1n) is 8.94. The number of benzene rings is 1. The van der Waals surface area contributed by atoms with E-state index in [1.807, 2.05) is 30.3 Å². The maximum Gasteiger partial charge on any atom is 0.223 e. The number of rotatable bonds is 6. The highest BCUT2D eigenvalue weighted by Gasteiger charge is 2.29. The largest absolute Gasteiger partial charge is 0.467 e. The molecule has 0 spiro atoms. The van der Waals surface area contributed by atoms with Crippen LogP contribution in [0.3, 0.4) is 0 Å². The van der Waals surface area contributed by atoms with Crippen LogP contribution in [0, 0.1) is 11.8 Å². The Balaban J connectivity index is 1.40. The van der Waals surface area contributed by atoms with E-state index in [0.29, 0.717) is 18.1 Å². The number of hydrogen-bond acceptors (Lipinski definition) is 3. The summed E-state index contributed by atoms with van der Waals surface area (Å²) < 4.78 is 5.21. The number of halogens is 1. The topological polar surface area (TPSA) is 71.3 Å². The molecule has 1 aliphatic carbocycles. The highest BCUT2D eigenvalue weighted by atomic mass is 35.5. The number of amides is 2. The van der Waals surface area contributed by atoms with Crippen molar-refractivity contribution in [2.75, 3.05) is 0 Å². The van der Waals surface area contributed by atoms with Gasteiger partial charge in [-0.05, 0) is 49.4 Å². The Morgan fingerprint density at radius 1 is 0.923 bits per heavy atom. The third-order valence-corrected chi connectivity index (χ3v) is 5.27. The van der Waals surface area contributed by atoms with Crippen molar-refractivity contribution in [2.24, 2.45) is 11.8 Å². The Morgan fingerprint density at radius 3 is 2.12 bits per heavy atom. The molecule has 5 nitrogen and oxygen atoms in total. The quantitative estimate of drug-likeness (QED) is 0.810. The fourth-order valence-corrected chi connectivity index (χ4v) is 3.52. The summed E-state index contributed by atoms with van der Waals surface area (Å²) in [5.74, 6) is 0.755. The fraction of sp³-hybridized carbons (Fsp3) is 0.400. The maximum atomic E-state index is 12.4. The zero-order chi connectivity index (χ0) is 18.4. The Labute approximate surface area is 158 Å². The van der Waals surface area contributed by atoms with Crippen LogP contribution in [0.25, 0.3) is 0 Å². The first-order chi connectivity index (χ1) is 12.6. The fourth-order valence-electron chi connectivity index (χ4n) is 3.32. The molecule has 2 aromatic rings. The number of carbonyl (C=O) groups is 2. The van der Waals surface area contributed by atoms with E-state index in [1.165, 1.54) is 0 Å². The monoisotopic (exact) mass is 374 g/mol. The Kier molecular flexibility index (Phi) is 6.34. The van der Waals surface area contributed by atoms with Gasteiger partial charge < -0.3 is 15.1 Å². The molecule has 0 atom stereocenters. The molecule has 1 heterocycles. The molecule has 0 bridgehead atoms. The average Bonchev–Trinajstić information content (AvgIpc) is 3.19. The highest BCUT2D eigenvalue weighted by molar-refractivity contribution is 6.31. The van der Waals surface area contributed by atoms with Crippen molar-refractivity contribution < 1.29 is 14.0 Å². The predicted octanol–water partition coefficient (Wildman–Crippen LogP) is 3.67. The highest BCUT2D eigenvalue weighted by Crippen LogP contribution is 2.29. The van der Waals surface area contributed by atoms with Gasteiger partial charge in [0.05, 0.1) is 12.8 Å². The van der Waals surface area contributed by atoms with Crippen molar-refractivity contribution in [3.63, 3.8) is 0 Å². The predicted molar refractivity (Wildman–Crippen MR) is 99.3 cm³/mol. The molecule has 1 aromatic carbocycles. The normalized spacial score (nSPS) is 19.7. The van der Waals surface area contributed by atoms with Crippen LogP contribution in [0.5, 0.6) is 0 Å². The van der Waals surface area contributed by atoms with Gasteiger partial charge in [-0.15, -0.1) is 0 Å². The lowest BCUT2D eigenvalue weighted by Crippen LogP contribution is -2.37. The summed E-state index contributed by atoms with van der Waals surface area (Å²) >= 11 is 6.11. The number of hydrogen-bond donors (Lipinski definition) is 2. The second-order valence-corrected chi connectivity index (χ2v) is 7.06. The van der Waals surface area contributed by atoms with Gasteiger partial charge in [0.25, 0.3) is 0 Å². The SMILES string of the molecule is O=C(NCc1ccco1)C1CCC(C(=O)NCc2ccccc2Cl)CC1. The third kappa shape index (κ3) is 4.88. The van der Waals surface area contributed by atoms with Gasteiger partial charge in [-0.1, -0.05) is 29.8 Å². The molecule has 6 heteroatoms. The summed E-state index contributed by atoms with van der Waals surface area (Å²) in [5.41, 5.74) is 0.911. The molecule has 0 saturated heterocycles. The average molecular weight is 375 g/mol. The second-order valence-electron chi connectivity index (χ2n) is 6.65. The lowest BCUT2D eigenvalue weighted by Gasteiger charge is -2.27. The smallest absolute Gasteiger partial charge is 0.223 e. The summed E-state index contributed by atoms with van der Waals surface area (Å²) in [4.78, 5) is 24.6. The van der Waals surface area contributed by atoms with E-state index < -0.39 is 0 Å². The number of nitrogens with one attached hydrogen (secondary N) is 2. The summed E-state index contributed by atoms with van der Waals surface area (Å²) in [7, 11) is 0. The minimum Gasteiger partial charge on any atom is -0.467 e. The van der Waals surface area contributed by atoms with E-state index >= 15 is 0 Å². The van der Waals surface area contributed by atoms with Crippen LogP contribution >= 0.6 is 11.6 Å². The van der Waals surface area contributed by atoms with Crippen LogP contribution in [0.15, 0.2) is 47.1 Å². The van der Waals surface area contributed by atoms with Gasteiger partial charge in [0.1, 0.15) is 5.76 Å². The van der Waals surface area contributed by atoms with Crippen LogP contribution in [-0.4, -0.2) is 11.8 Å². The summed E-state index contributed by atoms with van der Waals surface area (Å²) in [6.45, 7) is 0.839. The van der Waals surface area contributed by atoms with Crippen molar-refractivity contribution in [1.82, 2.24) is 10.6 Å². The summed E-state index contributed by atoms with van der Waals surface area (Å²) in [6.07, 6.45) is 4.51. The van der Waals surface area contributed by atoms with Crippen LogP contribution < -0.4 is 10.6 Å². The van der Waals surface area contributed by atoms with Gasteiger partial charge in [-0.3, -0.25) is 9.59 Å². The van der Waals surface area contributed by atoms with E-state index in [-0.39, 0.29) is 23.7 Å². The van der Waals surface area contributed by atoms with E-state index in [1.54, 1.807) is 12.3 Å². The molecule has 1 fully saturated rings. The number of carbonyl (C=O) groups excluding carboxylic acids is 2. The van der Waals surface area contributed by atoms with Crippen molar-refractivity contribution in [2.45, 2.75) is 38.8 Å². The van der Waals surface area contributed by atoms with E-state index in [4.69, 9.17) is 16.0 Å². The van der Waals surface area contributed by atoms with Gasteiger partial charge in [-0.2, -0.15) is 0 Å². The van der Waals surface area contributed by atoms with Crippen LogP contribution in [0.4, 0.5) is 0 Å². The molecule has 2 amide bonds. The molecule has 0 aliphatic heterocycles. The second kappa shape index (κ2) is 8.90. The zero-order valence-electron chi connectivity index (χ0n) is 14.5. The Bertz CT molecular complexity index is 737. The van der Waals surface area contributed by atoms with Crippen LogP contribution in [0.1, 0.15) is 37.0 Å². The van der Waals surface area contributed by atoms with Crippen LogP contribution in [-0.2, 0) is 22.7 Å². The van der Waals surface area contributed by atoms with Gasteiger partial charge in [-0.25, -0.2) is 0 Å². The molecule has 0 unspecified atom stereocenters. The van der Waals surface area contributed by atoms with Gasteiger partial charge in [0.2, 0.25) is 11.8 Å². The molecular formula is C20H23ClN2O3. The Hall–Kier alpha value is -2.27. The van der Waals surface area contributed by atoms with Crippen molar-refractivity contribution >= 4 is 23.4 Å². The van der Waals surface area contributed by atoms with Gasteiger partial charge >= 0.3 is 0 Å². The summed E-state index contributed by atoms with van der Waals surface area (Å²) in [5, 5.41) is 6.52. The molecule has 1 aromatic heterocycles. The van der Waals surface area contributed by atoms with Gasteiger partial charge in [0.15, 0.2) is 0 Å². The third-order valence-electron chi connectivity index (χ3n) is 4.90. The molecular weight excluding hydrogens is 352 g/mol. The summed E-state index contributed by atoms with van der Waals surface area (Å²) in [6, 6.07) is 11.1. The lowest BCUT2D eigenvalue weighted by molar-refractivity contribution is -0.130. The maximum absolute atomic E-state index is 12.4. The van der Waals surface area contributed by atoms with Crippen molar-refractivity contribution in [3.05, 3.63) is 59.0 Å². The molecule has 0 radical (unpaired) electrons. The first-order valence-corrected chi connectivity index (χ1v) is 9.32. The molecule has 138 valence electrons. The van der Waals surface area contributed by atoms with E-state index in [2.05, 4.69) is 10.6 Å². The standard InChI is InChI=1S/C20H23ClN2O3/c21-18-6-2-1-4-16(18)12-22-19(24)14-7-9-15(10-8-14)20(25)23-13-17-5-3-11-26-17/h1-6,11,14-15H,7-10,12-13H2,(H,22,24)(H,23,25).